The number of hydrogen-bond acceptors (Lipinski definition) is 4. The number of ether oxygens (including phenoxy) is 1. The van der Waals surface area contributed by atoms with E-state index in [0.29, 0.717) is 19.6 Å². The van der Waals surface area contributed by atoms with Crippen LogP contribution in [0.2, 0.25) is 0 Å². The number of nitrogens with zero attached hydrogens (tertiary/aromatic N) is 1. The average molecular weight is 290 g/mol. The molecule has 0 aliphatic carbocycles. The van der Waals surface area contributed by atoms with Gasteiger partial charge in [0.25, 0.3) is 0 Å². The van der Waals surface area contributed by atoms with E-state index in [0.717, 1.165) is 16.5 Å². The molecule has 5 heteroatoms. The highest BCUT2D eigenvalue weighted by Crippen LogP contribution is 2.16. The summed E-state index contributed by atoms with van der Waals surface area (Å²) in [5.74, 6) is 0.833. The molecule has 2 rings (SSSR count). The highest BCUT2D eigenvalue weighted by atomic mass is 32.1. The Morgan fingerprint density at radius 1 is 1.35 bits per heavy atom. The summed E-state index contributed by atoms with van der Waals surface area (Å²) >= 11 is 1.52. The number of carbonyl (C=O) groups is 1. The normalized spacial score (nSPS) is 10.3. The second kappa shape index (κ2) is 7.05. The van der Waals surface area contributed by atoms with Crippen LogP contribution in [-0.2, 0) is 17.8 Å². The highest BCUT2D eigenvalue weighted by molar-refractivity contribution is 7.09. The van der Waals surface area contributed by atoms with Crippen LogP contribution in [0.5, 0.6) is 5.75 Å². The van der Waals surface area contributed by atoms with Crippen LogP contribution in [0, 0.1) is 6.92 Å². The van der Waals surface area contributed by atoms with E-state index in [1.807, 2.05) is 43.5 Å². The van der Waals surface area contributed by atoms with Gasteiger partial charge in [0.2, 0.25) is 5.91 Å². The SMILES string of the molecule is CCNC(=O)Cc1csc(COc2ccc(C)cc2)n1. The van der Waals surface area contributed by atoms with Gasteiger partial charge in [-0.1, -0.05) is 17.7 Å². The smallest absolute Gasteiger partial charge is 0.226 e. The average Bonchev–Trinajstić information content (AvgIpc) is 2.86. The quantitative estimate of drug-likeness (QED) is 0.890. The van der Waals surface area contributed by atoms with Gasteiger partial charge in [-0.2, -0.15) is 0 Å². The topological polar surface area (TPSA) is 51.2 Å². The minimum atomic E-state index is 0.00352. The van der Waals surface area contributed by atoms with E-state index in [9.17, 15) is 4.79 Å². The second-order valence-corrected chi connectivity index (χ2v) is 5.41. The molecule has 2 aromatic rings. The summed E-state index contributed by atoms with van der Waals surface area (Å²) < 4.78 is 5.66. The van der Waals surface area contributed by atoms with Gasteiger partial charge in [-0.25, -0.2) is 4.98 Å². The number of carbonyl (C=O) groups excluding carboxylic acids is 1. The molecule has 20 heavy (non-hydrogen) atoms. The van der Waals surface area contributed by atoms with E-state index >= 15 is 0 Å². The molecule has 106 valence electrons. The maximum Gasteiger partial charge on any atom is 0.226 e. The maximum absolute atomic E-state index is 11.5. The molecule has 0 atom stereocenters. The first-order chi connectivity index (χ1) is 9.67. The van der Waals surface area contributed by atoms with Crippen molar-refractivity contribution in [3.05, 3.63) is 45.9 Å². The third-order valence-corrected chi connectivity index (χ3v) is 3.57. The molecule has 0 aliphatic rings. The molecule has 0 aliphatic heterocycles. The van der Waals surface area contributed by atoms with E-state index in [-0.39, 0.29) is 5.91 Å². The van der Waals surface area contributed by atoms with Crippen molar-refractivity contribution >= 4 is 17.2 Å². The molecule has 1 N–H and O–H groups in total. The molecule has 1 aromatic carbocycles. The molecule has 1 heterocycles. The van der Waals surface area contributed by atoms with E-state index in [2.05, 4.69) is 10.3 Å². The van der Waals surface area contributed by atoms with Gasteiger partial charge in [-0.05, 0) is 26.0 Å². The Bertz CT molecular complexity index is 564. The van der Waals surface area contributed by atoms with E-state index in [1.165, 1.54) is 16.9 Å². The number of amides is 1. The number of hydrogen-bond donors (Lipinski definition) is 1. The van der Waals surface area contributed by atoms with Crippen molar-refractivity contribution in [2.24, 2.45) is 0 Å². The summed E-state index contributed by atoms with van der Waals surface area (Å²) in [7, 11) is 0. The van der Waals surface area contributed by atoms with Gasteiger partial charge in [0, 0.05) is 11.9 Å². The summed E-state index contributed by atoms with van der Waals surface area (Å²) in [4.78, 5) is 15.9. The lowest BCUT2D eigenvalue weighted by atomic mass is 10.2. The Morgan fingerprint density at radius 3 is 2.80 bits per heavy atom. The standard InChI is InChI=1S/C15H18N2O2S/c1-3-16-14(18)8-12-10-20-15(17-12)9-19-13-6-4-11(2)5-7-13/h4-7,10H,3,8-9H2,1-2H3,(H,16,18). The second-order valence-electron chi connectivity index (χ2n) is 4.46. The van der Waals surface area contributed by atoms with Crippen molar-refractivity contribution in [1.82, 2.24) is 10.3 Å². The Labute approximate surface area is 122 Å². The lowest BCUT2D eigenvalue weighted by Gasteiger charge is -2.03. The molecule has 0 radical (unpaired) electrons. The highest BCUT2D eigenvalue weighted by Gasteiger charge is 2.07. The molecule has 0 fully saturated rings. The fourth-order valence-corrected chi connectivity index (χ4v) is 2.41. The summed E-state index contributed by atoms with van der Waals surface area (Å²) in [5, 5.41) is 5.55. The van der Waals surface area contributed by atoms with Crippen molar-refractivity contribution in [1.29, 1.82) is 0 Å². The van der Waals surface area contributed by atoms with Crippen LogP contribution in [-0.4, -0.2) is 17.4 Å². The zero-order valence-corrected chi connectivity index (χ0v) is 12.5. The van der Waals surface area contributed by atoms with Crippen LogP contribution in [0.3, 0.4) is 0 Å². The van der Waals surface area contributed by atoms with E-state index in [1.54, 1.807) is 0 Å². The van der Waals surface area contributed by atoms with Crippen LogP contribution in [0.1, 0.15) is 23.2 Å². The minimum absolute atomic E-state index is 0.00352. The van der Waals surface area contributed by atoms with Crippen molar-refractivity contribution in [2.75, 3.05) is 6.54 Å². The molecule has 0 unspecified atom stereocenters. The zero-order chi connectivity index (χ0) is 14.4. The molecule has 0 saturated carbocycles. The van der Waals surface area contributed by atoms with E-state index in [4.69, 9.17) is 4.74 Å². The summed E-state index contributed by atoms with van der Waals surface area (Å²) in [6.07, 6.45) is 0.328. The molecule has 0 saturated heterocycles. The number of thiazole rings is 1. The van der Waals surface area contributed by atoms with Gasteiger partial charge < -0.3 is 10.1 Å². The predicted molar refractivity (Wildman–Crippen MR) is 80.0 cm³/mol. The van der Waals surface area contributed by atoms with Gasteiger partial charge in [-0.3, -0.25) is 4.79 Å². The fraction of sp³-hybridized carbons (Fsp3) is 0.333. The Morgan fingerprint density at radius 2 is 2.10 bits per heavy atom. The first-order valence-corrected chi connectivity index (χ1v) is 7.44. The largest absolute Gasteiger partial charge is 0.486 e. The molecule has 1 aromatic heterocycles. The number of aromatic nitrogens is 1. The van der Waals surface area contributed by atoms with Gasteiger partial charge in [0.1, 0.15) is 17.4 Å². The predicted octanol–water partition coefficient (Wildman–Crippen LogP) is 2.71. The lowest BCUT2D eigenvalue weighted by molar-refractivity contribution is -0.120. The van der Waals surface area contributed by atoms with Gasteiger partial charge in [0.15, 0.2) is 0 Å². The maximum atomic E-state index is 11.5. The minimum Gasteiger partial charge on any atom is -0.486 e. The summed E-state index contributed by atoms with van der Waals surface area (Å²) in [5.41, 5.74) is 2.00. The number of rotatable bonds is 6. The molecule has 1 amide bonds. The van der Waals surface area contributed by atoms with Crippen molar-refractivity contribution < 1.29 is 9.53 Å². The van der Waals surface area contributed by atoms with Crippen molar-refractivity contribution in [3.63, 3.8) is 0 Å². The third kappa shape index (κ3) is 4.35. The number of likely N-dealkylation sites (N-methyl/N-ethyl adjacent to an activating group) is 1. The third-order valence-electron chi connectivity index (χ3n) is 2.70. The first-order valence-electron chi connectivity index (χ1n) is 6.57. The van der Waals surface area contributed by atoms with Gasteiger partial charge >= 0.3 is 0 Å². The molecule has 0 bridgehead atoms. The Hall–Kier alpha value is -1.88. The van der Waals surface area contributed by atoms with Crippen LogP contribution in [0.15, 0.2) is 29.6 Å². The number of aryl methyl sites for hydroxylation is 1. The van der Waals surface area contributed by atoms with Gasteiger partial charge in [0.05, 0.1) is 12.1 Å². The van der Waals surface area contributed by atoms with Crippen LogP contribution in [0.4, 0.5) is 0 Å². The first kappa shape index (κ1) is 14.5. The van der Waals surface area contributed by atoms with Crippen molar-refractivity contribution in [3.8, 4) is 5.75 Å². The summed E-state index contributed by atoms with van der Waals surface area (Å²) in [6, 6.07) is 7.91. The molecule has 4 nitrogen and oxygen atoms in total. The lowest BCUT2D eigenvalue weighted by Crippen LogP contribution is -2.24. The fourth-order valence-electron chi connectivity index (χ4n) is 1.70. The molecule has 0 spiro atoms. The van der Waals surface area contributed by atoms with Crippen LogP contribution in [0.25, 0.3) is 0 Å². The zero-order valence-electron chi connectivity index (χ0n) is 11.7. The van der Waals surface area contributed by atoms with Crippen LogP contribution < -0.4 is 10.1 Å². The van der Waals surface area contributed by atoms with E-state index < -0.39 is 0 Å². The summed E-state index contributed by atoms with van der Waals surface area (Å²) in [6.45, 7) is 5.02. The number of nitrogens with one attached hydrogen (secondary N) is 1. The molecular formula is C15H18N2O2S. The Kier molecular flexibility index (Phi) is 5.12. The molecular weight excluding hydrogens is 272 g/mol. The monoisotopic (exact) mass is 290 g/mol. The van der Waals surface area contributed by atoms with Crippen LogP contribution >= 0.6 is 11.3 Å². The van der Waals surface area contributed by atoms with Crippen molar-refractivity contribution in [2.45, 2.75) is 26.9 Å². The van der Waals surface area contributed by atoms with Gasteiger partial charge in [-0.15, -0.1) is 11.3 Å². The number of benzene rings is 1. The Balaban J connectivity index is 1.86.